The van der Waals surface area contributed by atoms with Gasteiger partial charge >= 0.3 is 0 Å². The number of hydrogen-bond donors (Lipinski definition) is 0. The van der Waals surface area contributed by atoms with Crippen LogP contribution in [0.15, 0.2) is 404 Å². The van der Waals surface area contributed by atoms with Crippen molar-refractivity contribution >= 4 is 175 Å². The standard InChI is InChI=1S/C39H27NO.2C36H21NO2/c1-39(2)32-12-6-3-9-27(32)31-23-25(17-21-33(31)39)24-15-18-26(19-16-24)40-34-13-7-4-11-30(34)37-35(40)22-20-29-28-10-5-8-14-36(28)41-38(29)37;1-4-13-29-27(9-1)34-30(20-21-33-35(34)28-10-3-6-15-32(28)38-33)37(29)23-18-16-22(17-19-23)24-11-7-12-26-25-8-2-5-14-31(25)39-36(24)26;1-4-10-31-25(7-1)28-20-30-27-9-3-6-12-34(27)39-36(30)21-32(28)37(31)24-16-13-22(14-17-24)23-15-18-35-29(19-23)26-8-2-5-11-33(26)38-35/h3-23H,1-2H3;2*1-21H. The minimum absolute atomic E-state index is 0.0239. The fourth-order valence-corrected chi connectivity index (χ4v) is 19.7. The molecule has 119 heavy (non-hydrogen) atoms. The Kier molecular flexibility index (Phi) is 14.4. The maximum atomic E-state index is 6.46. The molecule has 8 heteroatoms. The smallest absolute Gasteiger partial charge is 0.145 e. The molecule has 0 bridgehead atoms. The zero-order valence-corrected chi connectivity index (χ0v) is 64.8. The number of fused-ring (bicyclic) bond motifs is 29. The Balaban J connectivity index is 0.0000000992. The number of benzene rings is 18. The van der Waals surface area contributed by atoms with Crippen LogP contribution in [0.1, 0.15) is 25.0 Å². The topological polar surface area (TPSA) is 80.5 Å². The lowest BCUT2D eigenvalue weighted by Gasteiger charge is -2.21. The number of hydrogen-bond acceptors (Lipinski definition) is 5. The molecule has 0 fully saturated rings. The third-order valence-corrected chi connectivity index (χ3v) is 25.2. The van der Waals surface area contributed by atoms with E-state index in [2.05, 4.69) is 355 Å². The fourth-order valence-electron chi connectivity index (χ4n) is 19.7. The van der Waals surface area contributed by atoms with Crippen molar-refractivity contribution in [1.29, 1.82) is 0 Å². The second kappa shape index (κ2) is 25.7. The van der Waals surface area contributed by atoms with Gasteiger partial charge in [0.2, 0.25) is 0 Å². The summed E-state index contributed by atoms with van der Waals surface area (Å²) in [7, 11) is 0. The summed E-state index contributed by atoms with van der Waals surface area (Å²) in [5.74, 6) is 0. The normalized spacial score (nSPS) is 12.7. The summed E-state index contributed by atoms with van der Waals surface area (Å²) < 4.78 is 38.4. The van der Waals surface area contributed by atoms with Gasteiger partial charge in [-0.15, -0.1) is 0 Å². The number of aromatic nitrogens is 3. The molecule has 0 spiro atoms. The van der Waals surface area contributed by atoms with E-state index in [-0.39, 0.29) is 5.41 Å². The molecule has 0 amide bonds. The third kappa shape index (κ3) is 10.1. The lowest BCUT2D eigenvalue weighted by Crippen LogP contribution is -2.14. The van der Waals surface area contributed by atoms with E-state index in [1.807, 2.05) is 54.6 Å². The molecule has 1 aliphatic rings. The number of furan rings is 5. The van der Waals surface area contributed by atoms with Gasteiger partial charge in [0.05, 0.1) is 38.5 Å². The SMILES string of the molecule is CC1(C)c2ccccc2-c2cc(-c3ccc(-n4c5ccccc5c5c6oc7ccccc7c6ccc54)cc3)ccc21.c1ccc2c(c1)oc1c(-c3ccc(-n4c5ccccc5c5c6c(ccc54)oc4ccccc46)cc3)cccc12.c1ccc2c(c1)oc1ccc(-c3ccc(-n4c5ccccc5c5cc6c(cc54)oc4ccccc46)cc3)cc12. The highest BCUT2D eigenvalue weighted by molar-refractivity contribution is 6.28. The van der Waals surface area contributed by atoms with E-state index in [9.17, 15) is 0 Å². The van der Waals surface area contributed by atoms with Crippen LogP contribution in [0.2, 0.25) is 0 Å². The van der Waals surface area contributed by atoms with Crippen LogP contribution >= 0.6 is 0 Å². The first kappa shape index (κ1) is 66.8. The van der Waals surface area contributed by atoms with Gasteiger partial charge in [0.1, 0.15) is 55.8 Å². The Labute approximate surface area is 680 Å². The van der Waals surface area contributed by atoms with Gasteiger partial charge in [-0.3, -0.25) is 0 Å². The van der Waals surface area contributed by atoms with E-state index in [4.69, 9.17) is 22.1 Å². The Morgan fingerprint density at radius 2 is 0.580 bits per heavy atom. The molecule has 1 aliphatic carbocycles. The van der Waals surface area contributed by atoms with Gasteiger partial charge < -0.3 is 35.8 Å². The predicted molar refractivity (Wildman–Crippen MR) is 493 cm³/mol. The van der Waals surface area contributed by atoms with Crippen molar-refractivity contribution < 1.29 is 22.1 Å². The van der Waals surface area contributed by atoms with Crippen LogP contribution in [0.25, 0.3) is 237 Å². The number of para-hydroxylation sites is 9. The molecular formula is C111H69N3O5. The molecule has 0 saturated carbocycles. The summed E-state index contributed by atoms with van der Waals surface area (Å²) in [5, 5.41) is 18.8. The van der Waals surface area contributed by atoms with E-state index in [1.54, 1.807) is 0 Å². The molecule has 0 aliphatic heterocycles. The largest absolute Gasteiger partial charge is 0.456 e. The number of nitrogens with zero attached hydrogens (tertiary/aromatic N) is 3. The zero-order valence-electron chi connectivity index (χ0n) is 64.8. The average molecular weight is 1520 g/mol. The Bertz CT molecular complexity index is 8710. The molecule has 0 unspecified atom stereocenters. The van der Waals surface area contributed by atoms with E-state index in [0.29, 0.717) is 0 Å². The summed E-state index contributed by atoms with van der Waals surface area (Å²) in [6.45, 7) is 4.66. The molecule has 8 nitrogen and oxygen atoms in total. The highest BCUT2D eigenvalue weighted by atomic mass is 16.3. The maximum Gasteiger partial charge on any atom is 0.145 e. The molecular weight excluding hydrogens is 1460 g/mol. The molecule has 18 aromatic carbocycles. The molecule has 0 radical (unpaired) electrons. The van der Waals surface area contributed by atoms with Gasteiger partial charge in [0, 0.05) is 115 Å². The quantitative estimate of drug-likeness (QED) is 0.166. The molecule has 0 atom stereocenters. The van der Waals surface area contributed by atoms with Gasteiger partial charge in [-0.1, -0.05) is 257 Å². The van der Waals surface area contributed by atoms with Crippen LogP contribution < -0.4 is 0 Å². The van der Waals surface area contributed by atoms with Gasteiger partial charge in [0.15, 0.2) is 0 Å². The highest BCUT2D eigenvalue weighted by Gasteiger charge is 2.35. The highest BCUT2D eigenvalue weighted by Crippen LogP contribution is 2.51. The van der Waals surface area contributed by atoms with Gasteiger partial charge in [0.25, 0.3) is 0 Å². The van der Waals surface area contributed by atoms with Crippen LogP contribution in [0, 0.1) is 0 Å². The van der Waals surface area contributed by atoms with Crippen molar-refractivity contribution in [2.45, 2.75) is 19.3 Å². The monoisotopic (exact) mass is 1520 g/mol. The molecule has 8 heterocycles. The lowest BCUT2D eigenvalue weighted by atomic mass is 9.82. The minimum atomic E-state index is 0.0239. The molecule has 0 saturated heterocycles. The summed E-state index contributed by atoms with van der Waals surface area (Å²) in [4.78, 5) is 0. The van der Waals surface area contributed by atoms with Crippen molar-refractivity contribution in [2.75, 3.05) is 0 Å². The third-order valence-electron chi connectivity index (χ3n) is 25.2. The Morgan fingerprint density at radius 1 is 0.185 bits per heavy atom. The van der Waals surface area contributed by atoms with Crippen molar-refractivity contribution in [3.8, 4) is 61.6 Å². The van der Waals surface area contributed by atoms with E-state index in [1.165, 1.54) is 104 Å². The number of rotatable bonds is 6. The fraction of sp³-hybridized carbons (Fsp3) is 0.0270. The maximum absolute atomic E-state index is 6.46. The van der Waals surface area contributed by atoms with Crippen LogP contribution in [-0.2, 0) is 5.41 Å². The Hall–Kier alpha value is -15.6. The van der Waals surface area contributed by atoms with E-state index in [0.717, 1.165) is 144 Å². The summed E-state index contributed by atoms with van der Waals surface area (Å²) >= 11 is 0. The van der Waals surface area contributed by atoms with Crippen molar-refractivity contribution in [1.82, 2.24) is 13.7 Å². The lowest BCUT2D eigenvalue weighted by molar-refractivity contribution is 0.660. The van der Waals surface area contributed by atoms with Gasteiger partial charge in [-0.25, -0.2) is 0 Å². The molecule has 27 rings (SSSR count). The van der Waals surface area contributed by atoms with Crippen molar-refractivity contribution in [2.24, 2.45) is 0 Å². The first-order chi connectivity index (χ1) is 58.8. The first-order valence-electron chi connectivity index (χ1n) is 40.7. The van der Waals surface area contributed by atoms with Crippen molar-refractivity contribution in [3.63, 3.8) is 0 Å². The minimum Gasteiger partial charge on any atom is -0.456 e. The predicted octanol–water partition coefficient (Wildman–Crippen LogP) is 31.2. The molecule has 558 valence electrons. The molecule has 0 N–H and O–H groups in total. The summed E-state index contributed by atoms with van der Waals surface area (Å²) in [6, 6.07) is 136. The summed E-state index contributed by atoms with van der Waals surface area (Å²) in [6.07, 6.45) is 0. The van der Waals surface area contributed by atoms with Crippen LogP contribution in [0.5, 0.6) is 0 Å². The zero-order chi connectivity index (χ0) is 78.3. The van der Waals surface area contributed by atoms with Crippen LogP contribution in [0.4, 0.5) is 0 Å². The second-order valence-electron chi connectivity index (χ2n) is 32.0. The van der Waals surface area contributed by atoms with Gasteiger partial charge in [-0.2, -0.15) is 0 Å². The average Bonchev–Trinajstić information content (AvgIpc) is 1.56. The van der Waals surface area contributed by atoms with Gasteiger partial charge in [-0.05, 0) is 184 Å². The summed E-state index contributed by atoms with van der Waals surface area (Å²) in [5.41, 5.74) is 32.2. The van der Waals surface area contributed by atoms with Crippen LogP contribution in [0.3, 0.4) is 0 Å². The van der Waals surface area contributed by atoms with Crippen molar-refractivity contribution in [3.05, 3.63) is 393 Å². The Morgan fingerprint density at radius 3 is 1.22 bits per heavy atom. The van der Waals surface area contributed by atoms with Crippen LogP contribution in [-0.4, -0.2) is 13.7 Å². The first-order valence-corrected chi connectivity index (χ1v) is 40.7. The van der Waals surface area contributed by atoms with E-state index >= 15 is 0 Å². The van der Waals surface area contributed by atoms with E-state index < -0.39 is 0 Å². The molecule has 8 aromatic heterocycles. The second-order valence-corrected chi connectivity index (χ2v) is 32.0. The molecule has 26 aromatic rings.